The largest absolute Gasteiger partial charge is 0.326 e. The number of imidazole rings is 1. The molecule has 1 aliphatic carbocycles. The first-order chi connectivity index (χ1) is 23.3. The van der Waals surface area contributed by atoms with E-state index >= 15 is 0 Å². The van der Waals surface area contributed by atoms with Crippen LogP contribution in [0.25, 0.3) is 0 Å². The van der Waals surface area contributed by atoms with Crippen molar-refractivity contribution in [2.24, 2.45) is 0 Å². The van der Waals surface area contributed by atoms with E-state index in [1.807, 2.05) is 12.5 Å². The second kappa shape index (κ2) is 16.4. The Hall–Kier alpha value is -4.41. The molecular formula is C43H47BN2Si. The Balaban J connectivity index is 0.000000201. The molecule has 1 fully saturated rings. The SMILES string of the molecule is CCCCCCc1cccc([SiH2]C(c2ccccc2)(c2ccccc2)n2ccnc2)c1.c1ccc(B(c2ccccc2)C2CC2)cc1. The molecule has 0 spiro atoms. The highest BCUT2D eigenvalue weighted by Gasteiger charge is 2.37. The van der Waals surface area contributed by atoms with Crippen LogP contribution >= 0.6 is 0 Å². The first-order valence-corrected chi connectivity index (χ1v) is 19.0. The lowest BCUT2D eigenvalue weighted by Crippen LogP contribution is -2.46. The van der Waals surface area contributed by atoms with Crippen LogP contribution in [-0.4, -0.2) is 25.8 Å². The van der Waals surface area contributed by atoms with Gasteiger partial charge in [0.2, 0.25) is 6.71 Å². The van der Waals surface area contributed by atoms with Gasteiger partial charge in [0.05, 0.1) is 21.0 Å². The third-order valence-electron chi connectivity index (χ3n) is 9.63. The van der Waals surface area contributed by atoms with E-state index in [0.29, 0.717) is 6.71 Å². The molecule has 0 unspecified atom stereocenters. The number of benzene rings is 5. The Morgan fingerprint density at radius 3 is 1.77 bits per heavy atom. The molecule has 0 N–H and O–H groups in total. The molecule has 236 valence electrons. The van der Waals surface area contributed by atoms with Gasteiger partial charge in [0.1, 0.15) is 0 Å². The summed E-state index contributed by atoms with van der Waals surface area (Å²) in [7, 11) is -0.801. The molecule has 2 nitrogen and oxygen atoms in total. The zero-order valence-corrected chi connectivity index (χ0v) is 29.2. The minimum atomic E-state index is -0.801. The number of aryl methyl sites for hydroxylation is 1. The van der Waals surface area contributed by atoms with E-state index in [-0.39, 0.29) is 5.16 Å². The molecule has 0 atom stereocenters. The lowest BCUT2D eigenvalue weighted by atomic mass is 9.37. The molecule has 6 aromatic rings. The predicted octanol–water partition coefficient (Wildman–Crippen LogP) is 7.71. The fourth-order valence-corrected chi connectivity index (χ4v) is 9.56. The highest BCUT2D eigenvalue weighted by molar-refractivity contribution is 6.86. The summed E-state index contributed by atoms with van der Waals surface area (Å²) in [6.07, 6.45) is 15.2. The summed E-state index contributed by atoms with van der Waals surface area (Å²) in [6, 6.07) is 53.1. The van der Waals surface area contributed by atoms with Crippen molar-refractivity contribution in [1.29, 1.82) is 0 Å². The fourth-order valence-electron chi connectivity index (χ4n) is 7.11. The first kappa shape index (κ1) is 32.5. The number of rotatable bonds is 13. The van der Waals surface area contributed by atoms with E-state index in [0.717, 1.165) is 5.82 Å². The van der Waals surface area contributed by atoms with Gasteiger partial charge in [-0.05, 0) is 29.5 Å². The summed E-state index contributed by atoms with van der Waals surface area (Å²) in [5.74, 6) is 0.866. The van der Waals surface area contributed by atoms with Gasteiger partial charge in [0, 0.05) is 12.4 Å². The highest BCUT2D eigenvalue weighted by Crippen LogP contribution is 2.38. The Morgan fingerprint density at radius 1 is 0.681 bits per heavy atom. The Bertz CT molecular complexity index is 1660. The highest BCUT2D eigenvalue weighted by atomic mass is 28.2. The van der Waals surface area contributed by atoms with Crippen LogP contribution in [0.15, 0.2) is 164 Å². The Labute approximate surface area is 284 Å². The van der Waals surface area contributed by atoms with Crippen molar-refractivity contribution in [3.63, 3.8) is 0 Å². The second-order valence-electron chi connectivity index (χ2n) is 13.0. The molecule has 0 radical (unpaired) electrons. The van der Waals surface area contributed by atoms with Gasteiger partial charge in [0.15, 0.2) is 0 Å². The monoisotopic (exact) mass is 630 g/mol. The van der Waals surface area contributed by atoms with Crippen LogP contribution in [0.1, 0.15) is 62.1 Å². The molecule has 0 amide bonds. The lowest BCUT2D eigenvalue weighted by Gasteiger charge is -2.37. The molecule has 0 saturated heterocycles. The predicted molar refractivity (Wildman–Crippen MR) is 205 cm³/mol. The fraction of sp³-hybridized carbons (Fsp3) is 0.233. The van der Waals surface area contributed by atoms with Crippen molar-refractivity contribution >= 4 is 32.3 Å². The number of aromatic nitrogens is 2. The van der Waals surface area contributed by atoms with Crippen LogP contribution in [0.5, 0.6) is 0 Å². The average Bonchev–Trinajstić information content (AvgIpc) is 3.81. The van der Waals surface area contributed by atoms with Crippen LogP contribution < -0.4 is 16.1 Å². The van der Waals surface area contributed by atoms with Crippen molar-refractivity contribution in [2.75, 3.05) is 0 Å². The van der Waals surface area contributed by atoms with Crippen LogP contribution in [-0.2, 0) is 11.6 Å². The summed E-state index contributed by atoms with van der Waals surface area (Å²) < 4.78 is 2.33. The van der Waals surface area contributed by atoms with Crippen LogP contribution in [0.4, 0.5) is 0 Å². The van der Waals surface area contributed by atoms with Crippen LogP contribution in [0, 0.1) is 0 Å². The summed E-state index contributed by atoms with van der Waals surface area (Å²) >= 11 is 0. The van der Waals surface area contributed by atoms with E-state index in [1.165, 1.54) is 77.7 Å². The van der Waals surface area contributed by atoms with E-state index in [1.54, 1.807) is 0 Å². The van der Waals surface area contributed by atoms with Gasteiger partial charge in [-0.1, -0.05) is 207 Å². The van der Waals surface area contributed by atoms with E-state index < -0.39 is 9.52 Å². The molecular weight excluding hydrogens is 583 g/mol. The normalized spacial score (nSPS) is 12.9. The molecule has 1 aromatic heterocycles. The summed E-state index contributed by atoms with van der Waals surface area (Å²) in [5.41, 5.74) is 7.08. The number of nitrogens with zero attached hydrogens (tertiary/aromatic N) is 2. The minimum absolute atomic E-state index is 0.208. The number of hydrogen-bond acceptors (Lipinski definition) is 1. The maximum absolute atomic E-state index is 4.44. The first-order valence-electron chi connectivity index (χ1n) is 17.5. The van der Waals surface area contributed by atoms with E-state index in [2.05, 4.69) is 168 Å². The maximum atomic E-state index is 4.44. The van der Waals surface area contributed by atoms with Gasteiger partial charge in [-0.3, -0.25) is 0 Å². The third kappa shape index (κ3) is 8.31. The number of hydrogen-bond donors (Lipinski definition) is 0. The average molecular weight is 631 g/mol. The summed E-state index contributed by atoms with van der Waals surface area (Å²) in [5, 5.41) is 1.29. The molecule has 0 aliphatic heterocycles. The summed E-state index contributed by atoms with van der Waals surface area (Å²) in [6.45, 7) is 2.89. The zero-order chi connectivity index (χ0) is 32.2. The molecule has 1 saturated carbocycles. The molecule has 4 heteroatoms. The smallest absolute Gasteiger partial charge is 0.212 e. The lowest BCUT2D eigenvalue weighted by molar-refractivity contribution is 0.596. The van der Waals surface area contributed by atoms with Gasteiger partial charge in [-0.2, -0.15) is 0 Å². The van der Waals surface area contributed by atoms with Gasteiger partial charge in [0.25, 0.3) is 0 Å². The van der Waals surface area contributed by atoms with Crippen LogP contribution in [0.3, 0.4) is 0 Å². The third-order valence-corrected chi connectivity index (χ3v) is 12.2. The molecule has 1 heterocycles. The molecule has 1 aliphatic rings. The van der Waals surface area contributed by atoms with Crippen molar-refractivity contribution in [3.05, 3.63) is 181 Å². The zero-order valence-electron chi connectivity index (χ0n) is 27.8. The van der Waals surface area contributed by atoms with E-state index in [4.69, 9.17) is 0 Å². The van der Waals surface area contributed by atoms with E-state index in [9.17, 15) is 0 Å². The molecule has 7 rings (SSSR count). The van der Waals surface area contributed by atoms with Gasteiger partial charge < -0.3 is 4.57 Å². The second-order valence-corrected chi connectivity index (χ2v) is 15.2. The van der Waals surface area contributed by atoms with Crippen molar-refractivity contribution in [1.82, 2.24) is 9.55 Å². The quantitative estimate of drug-likeness (QED) is 0.0945. The minimum Gasteiger partial charge on any atom is -0.326 e. The maximum Gasteiger partial charge on any atom is 0.212 e. The molecule has 0 bridgehead atoms. The van der Waals surface area contributed by atoms with Crippen LogP contribution in [0.2, 0.25) is 5.82 Å². The van der Waals surface area contributed by atoms with Gasteiger partial charge in [-0.25, -0.2) is 4.98 Å². The van der Waals surface area contributed by atoms with Crippen molar-refractivity contribution in [2.45, 2.75) is 62.8 Å². The molecule has 47 heavy (non-hydrogen) atoms. The van der Waals surface area contributed by atoms with Crippen molar-refractivity contribution in [3.8, 4) is 0 Å². The Morgan fingerprint density at radius 2 is 1.26 bits per heavy atom. The summed E-state index contributed by atoms with van der Waals surface area (Å²) in [4.78, 5) is 4.44. The topological polar surface area (TPSA) is 17.8 Å². The molecule has 5 aromatic carbocycles. The van der Waals surface area contributed by atoms with Gasteiger partial charge in [-0.15, -0.1) is 0 Å². The van der Waals surface area contributed by atoms with Crippen molar-refractivity contribution < 1.29 is 0 Å². The standard InChI is InChI=1S/C28H32N2Si.C15H15B/c1-2-3-4-7-13-24-14-12-19-27(22-24)31-28(30-21-20-29-23-30,25-15-8-5-9-16-25)26-17-10-6-11-18-26;1-3-7-13(8-4-1)16(15-11-12-15)14-9-5-2-6-10-14/h5-6,8-12,14-23H,2-4,7,13,31H2,1H3;1-10,15H,11-12H2. The number of unbranched alkanes of at least 4 members (excludes halogenated alkanes) is 3. The Kier molecular flexibility index (Phi) is 11.4. The van der Waals surface area contributed by atoms with Gasteiger partial charge >= 0.3 is 0 Å².